The van der Waals surface area contributed by atoms with Gasteiger partial charge in [0.1, 0.15) is 0 Å². The van der Waals surface area contributed by atoms with Gasteiger partial charge in [-0.3, -0.25) is 0 Å². The van der Waals surface area contributed by atoms with Crippen molar-refractivity contribution in [1.29, 1.82) is 0 Å². The predicted molar refractivity (Wildman–Crippen MR) is 95.0 cm³/mol. The molecule has 0 bridgehead atoms. The summed E-state index contributed by atoms with van der Waals surface area (Å²) in [6.07, 6.45) is 8.59. The molecular weight excluding hydrogens is 347 g/mol. The molecule has 1 rings (SSSR count). The van der Waals surface area contributed by atoms with Gasteiger partial charge in [-0.15, -0.1) is 0 Å². The van der Waals surface area contributed by atoms with Gasteiger partial charge in [-0.1, -0.05) is 0 Å². The summed E-state index contributed by atoms with van der Waals surface area (Å²) < 4.78 is 6.37. The summed E-state index contributed by atoms with van der Waals surface area (Å²) in [7, 11) is 0. The SMILES string of the molecule is CCC[CH2][Sn]([CH2]CCC)([CH2]CCC)[CH2]c1ccccc1. The zero-order chi connectivity index (χ0) is 14.7. The number of rotatable bonds is 11. The van der Waals surface area contributed by atoms with Gasteiger partial charge in [0, 0.05) is 0 Å². The number of benzene rings is 1. The van der Waals surface area contributed by atoms with Crippen LogP contribution in [-0.2, 0) is 4.44 Å². The molecule has 0 aliphatic carbocycles. The summed E-state index contributed by atoms with van der Waals surface area (Å²) >= 11 is -1.95. The van der Waals surface area contributed by atoms with Crippen molar-refractivity contribution in [3.63, 3.8) is 0 Å². The van der Waals surface area contributed by atoms with E-state index in [1.165, 1.54) is 43.0 Å². The van der Waals surface area contributed by atoms with E-state index in [1.807, 2.05) is 0 Å². The first-order valence-corrected chi connectivity index (χ1v) is 16.9. The molecule has 0 aromatic heterocycles. The average Bonchev–Trinajstić information content (AvgIpc) is 2.49. The molecule has 0 radical (unpaired) electrons. The summed E-state index contributed by atoms with van der Waals surface area (Å²) in [5, 5.41) is 0. The average molecular weight is 381 g/mol. The molecule has 20 heavy (non-hydrogen) atoms. The normalized spacial score (nSPS) is 11.8. The molecular formula is C19H34Sn. The molecule has 1 aromatic rings. The Hall–Kier alpha value is 0.0187. The molecule has 0 aliphatic rings. The molecule has 0 saturated carbocycles. The van der Waals surface area contributed by atoms with Crippen LogP contribution in [0.2, 0.25) is 13.3 Å². The van der Waals surface area contributed by atoms with Crippen LogP contribution < -0.4 is 0 Å². The van der Waals surface area contributed by atoms with Crippen molar-refractivity contribution < 1.29 is 0 Å². The maximum absolute atomic E-state index is 2.37. The minimum absolute atomic E-state index is 1.38. The zero-order valence-corrected chi connectivity index (χ0v) is 16.8. The van der Waals surface area contributed by atoms with Crippen molar-refractivity contribution in [2.45, 2.75) is 77.0 Å². The third-order valence-electron chi connectivity index (χ3n) is 4.60. The Kier molecular flexibility index (Phi) is 9.67. The van der Waals surface area contributed by atoms with Crippen LogP contribution in [0.3, 0.4) is 0 Å². The number of unbranched alkanes of at least 4 members (excludes halogenated alkanes) is 3. The molecule has 0 atom stereocenters. The molecule has 1 aromatic carbocycles. The van der Waals surface area contributed by atoms with Gasteiger partial charge < -0.3 is 0 Å². The molecule has 0 saturated heterocycles. The first-order chi connectivity index (χ1) is 9.76. The van der Waals surface area contributed by atoms with E-state index < -0.39 is 18.4 Å². The van der Waals surface area contributed by atoms with Crippen molar-refractivity contribution in [2.24, 2.45) is 0 Å². The van der Waals surface area contributed by atoms with Crippen LogP contribution in [0.15, 0.2) is 30.3 Å². The van der Waals surface area contributed by atoms with Gasteiger partial charge >= 0.3 is 131 Å². The Labute approximate surface area is 131 Å². The van der Waals surface area contributed by atoms with Crippen LogP contribution in [0.5, 0.6) is 0 Å². The maximum atomic E-state index is 2.37. The number of hydrogen-bond donors (Lipinski definition) is 0. The number of hydrogen-bond acceptors (Lipinski definition) is 0. The minimum atomic E-state index is -1.95. The molecule has 0 N–H and O–H groups in total. The third kappa shape index (κ3) is 6.65. The topological polar surface area (TPSA) is 0 Å². The summed E-state index contributed by atoms with van der Waals surface area (Å²) in [4.78, 5) is 0. The van der Waals surface area contributed by atoms with Crippen LogP contribution in [0.1, 0.15) is 64.9 Å². The molecule has 0 fully saturated rings. The van der Waals surface area contributed by atoms with Crippen LogP contribution in [-0.4, -0.2) is 18.4 Å². The van der Waals surface area contributed by atoms with Crippen LogP contribution >= 0.6 is 0 Å². The standard InChI is InChI=1S/C7H7.3C4H9.Sn/c1-7-5-3-2-4-6-7;3*1-3-4-2;/h2-6H,1H2;3*1,3-4H2,2H3;. The van der Waals surface area contributed by atoms with Gasteiger partial charge in [0.15, 0.2) is 0 Å². The van der Waals surface area contributed by atoms with Gasteiger partial charge in [0.25, 0.3) is 0 Å². The Morgan fingerprint density at radius 2 is 1.15 bits per heavy atom. The molecule has 0 amide bonds. The van der Waals surface area contributed by atoms with Gasteiger partial charge in [-0.25, -0.2) is 0 Å². The Morgan fingerprint density at radius 1 is 0.700 bits per heavy atom. The fourth-order valence-electron chi connectivity index (χ4n) is 3.32. The molecule has 1 heteroatoms. The van der Waals surface area contributed by atoms with Crippen molar-refractivity contribution in [2.75, 3.05) is 0 Å². The van der Waals surface area contributed by atoms with Crippen LogP contribution in [0.25, 0.3) is 0 Å². The summed E-state index contributed by atoms with van der Waals surface area (Å²) in [5.41, 5.74) is 1.63. The zero-order valence-electron chi connectivity index (χ0n) is 14.0. The summed E-state index contributed by atoms with van der Waals surface area (Å²) in [6, 6.07) is 11.4. The summed E-state index contributed by atoms with van der Waals surface area (Å²) in [5.74, 6) is 0. The van der Waals surface area contributed by atoms with E-state index in [0.717, 1.165) is 0 Å². The summed E-state index contributed by atoms with van der Waals surface area (Å²) in [6.45, 7) is 7.08. The van der Waals surface area contributed by atoms with Gasteiger partial charge in [-0.2, -0.15) is 0 Å². The van der Waals surface area contributed by atoms with Gasteiger partial charge in [-0.05, 0) is 0 Å². The molecule has 0 aliphatic heterocycles. The molecule has 114 valence electrons. The van der Waals surface area contributed by atoms with E-state index in [-0.39, 0.29) is 0 Å². The Balaban J connectivity index is 2.81. The first-order valence-electron chi connectivity index (χ1n) is 8.80. The van der Waals surface area contributed by atoms with Crippen molar-refractivity contribution in [3.8, 4) is 0 Å². The van der Waals surface area contributed by atoms with Crippen molar-refractivity contribution in [1.82, 2.24) is 0 Å². The molecule has 0 nitrogen and oxygen atoms in total. The Morgan fingerprint density at radius 3 is 1.55 bits per heavy atom. The first kappa shape index (κ1) is 18.1. The van der Waals surface area contributed by atoms with Gasteiger partial charge in [0.2, 0.25) is 0 Å². The fourth-order valence-corrected chi connectivity index (χ4v) is 19.6. The van der Waals surface area contributed by atoms with E-state index in [9.17, 15) is 0 Å². The monoisotopic (exact) mass is 382 g/mol. The molecule has 0 spiro atoms. The van der Waals surface area contributed by atoms with Crippen molar-refractivity contribution in [3.05, 3.63) is 35.9 Å². The van der Waals surface area contributed by atoms with E-state index in [1.54, 1.807) is 18.9 Å². The quantitative estimate of drug-likeness (QED) is 0.378. The van der Waals surface area contributed by atoms with E-state index in [0.29, 0.717) is 0 Å². The molecule has 0 heterocycles. The second-order valence-electron chi connectivity index (χ2n) is 6.47. The van der Waals surface area contributed by atoms with Crippen LogP contribution in [0.4, 0.5) is 0 Å². The van der Waals surface area contributed by atoms with Crippen LogP contribution in [0, 0.1) is 0 Å². The second kappa shape index (κ2) is 10.7. The predicted octanol–water partition coefficient (Wildman–Crippen LogP) is 6.62. The Bertz CT molecular complexity index is 309. The van der Waals surface area contributed by atoms with Crippen molar-refractivity contribution >= 4 is 18.4 Å². The third-order valence-corrected chi connectivity index (χ3v) is 20.0. The molecule has 0 unspecified atom stereocenters. The van der Waals surface area contributed by atoms with E-state index in [2.05, 4.69) is 51.1 Å². The van der Waals surface area contributed by atoms with Gasteiger partial charge in [0.05, 0.1) is 0 Å². The van der Waals surface area contributed by atoms with E-state index in [4.69, 9.17) is 0 Å². The fraction of sp³-hybridized carbons (Fsp3) is 0.684. The van der Waals surface area contributed by atoms with E-state index >= 15 is 0 Å². The second-order valence-corrected chi connectivity index (χ2v) is 20.3.